The second-order valence-corrected chi connectivity index (χ2v) is 3.55. The quantitative estimate of drug-likeness (QED) is 0.771. The van der Waals surface area contributed by atoms with Crippen LogP contribution in [0.5, 0.6) is 0 Å². The highest BCUT2D eigenvalue weighted by Crippen LogP contribution is 2.17. The largest absolute Gasteiger partial charge is 0.394 e. The highest BCUT2D eigenvalue weighted by Gasteiger charge is 2.05. The van der Waals surface area contributed by atoms with E-state index < -0.39 is 0 Å². The van der Waals surface area contributed by atoms with Gasteiger partial charge in [0.15, 0.2) is 0 Å². The molecule has 0 saturated heterocycles. The first-order chi connectivity index (χ1) is 7.22. The van der Waals surface area contributed by atoms with Gasteiger partial charge >= 0.3 is 0 Å². The molecule has 1 atom stereocenters. The van der Waals surface area contributed by atoms with Crippen LogP contribution in [0.4, 0.5) is 5.69 Å². The summed E-state index contributed by atoms with van der Waals surface area (Å²) < 4.78 is 0. The van der Waals surface area contributed by atoms with Gasteiger partial charge in [-0.2, -0.15) is 0 Å². The summed E-state index contributed by atoms with van der Waals surface area (Å²) in [6, 6.07) is 7.80. The van der Waals surface area contributed by atoms with Crippen LogP contribution < -0.4 is 10.6 Å². The lowest BCUT2D eigenvalue weighted by Crippen LogP contribution is -2.22. The molecule has 0 amide bonds. The first-order valence-electron chi connectivity index (χ1n) is 5.44. The maximum absolute atomic E-state index is 8.92. The standard InChI is InChI=1S/C12H20N2O/c1-3-14(4-2)11-7-5-10(6-8-11)12(13)9-15/h5-8,12,15H,3-4,9,13H2,1-2H3/t12-/m0/s1. The molecule has 0 fully saturated rings. The van der Waals surface area contributed by atoms with Crippen LogP contribution in [0.2, 0.25) is 0 Å². The third-order valence-electron chi connectivity index (χ3n) is 2.65. The maximum Gasteiger partial charge on any atom is 0.0624 e. The van der Waals surface area contributed by atoms with Crippen LogP contribution in [-0.4, -0.2) is 24.8 Å². The number of anilines is 1. The molecule has 3 nitrogen and oxygen atoms in total. The molecule has 3 heteroatoms. The van der Waals surface area contributed by atoms with Gasteiger partial charge in [-0.3, -0.25) is 0 Å². The molecule has 84 valence electrons. The summed E-state index contributed by atoms with van der Waals surface area (Å²) in [5, 5.41) is 8.92. The van der Waals surface area contributed by atoms with Crippen LogP contribution in [0.1, 0.15) is 25.5 Å². The van der Waals surface area contributed by atoms with Crippen molar-refractivity contribution in [1.82, 2.24) is 0 Å². The van der Waals surface area contributed by atoms with Gasteiger partial charge in [-0.15, -0.1) is 0 Å². The number of aliphatic hydroxyl groups is 1. The lowest BCUT2D eigenvalue weighted by Gasteiger charge is -2.21. The van der Waals surface area contributed by atoms with Crippen molar-refractivity contribution < 1.29 is 5.11 Å². The van der Waals surface area contributed by atoms with Crippen molar-refractivity contribution in [2.24, 2.45) is 5.73 Å². The van der Waals surface area contributed by atoms with Crippen LogP contribution in [0.3, 0.4) is 0 Å². The Morgan fingerprint density at radius 2 is 1.73 bits per heavy atom. The van der Waals surface area contributed by atoms with E-state index in [-0.39, 0.29) is 12.6 Å². The summed E-state index contributed by atoms with van der Waals surface area (Å²) in [7, 11) is 0. The smallest absolute Gasteiger partial charge is 0.0624 e. The summed E-state index contributed by atoms with van der Waals surface area (Å²) in [5.41, 5.74) is 7.90. The van der Waals surface area contributed by atoms with Gasteiger partial charge in [0.1, 0.15) is 0 Å². The zero-order valence-corrected chi connectivity index (χ0v) is 9.48. The molecule has 0 heterocycles. The Bertz CT molecular complexity index is 280. The molecule has 0 aliphatic heterocycles. The third kappa shape index (κ3) is 2.94. The van der Waals surface area contributed by atoms with Crippen LogP contribution in [0.25, 0.3) is 0 Å². The number of hydrogen-bond acceptors (Lipinski definition) is 3. The highest BCUT2D eigenvalue weighted by atomic mass is 16.3. The van der Waals surface area contributed by atoms with Crippen LogP contribution in [0.15, 0.2) is 24.3 Å². The minimum absolute atomic E-state index is 0.00931. The fraction of sp³-hybridized carbons (Fsp3) is 0.500. The molecule has 15 heavy (non-hydrogen) atoms. The lowest BCUT2D eigenvalue weighted by molar-refractivity contribution is 0.268. The van der Waals surface area contributed by atoms with Gasteiger partial charge in [0, 0.05) is 18.8 Å². The van der Waals surface area contributed by atoms with Gasteiger partial charge in [-0.05, 0) is 31.5 Å². The van der Waals surface area contributed by atoms with Gasteiger partial charge in [0.05, 0.1) is 12.6 Å². The van der Waals surface area contributed by atoms with Crippen molar-refractivity contribution in [2.75, 3.05) is 24.6 Å². The fourth-order valence-corrected chi connectivity index (χ4v) is 1.63. The molecule has 3 N–H and O–H groups in total. The van der Waals surface area contributed by atoms with Crippen molar-refractivity contribution in [3.63, 3.8) is 0 Å². The third-order valence-corrected chi connectivity index (χ3v) is 2.65. The molecule has 0 aliphatic carbocycles. The van der Waals surface area contributed by atoms with Crippen molar-refractivity contribution in [1.29, 1.82) is 0 Å². The Labute approximate surface area is 91.5 Å². The van der Waals surface area contributed by atoms with Crippen molar-refractivity contribution in [3.05, 3.63) is 29.8 Å². The zero-order chi connectivity index (χ0) is 11.3. The average Bonchev–Trinajstić information content (AvgIpc) is 2.30. The van der Waals surface area contributed by atoms with E-state index in [1.165, 1.54) is 5.69 Å². The van der Waals surface area contributed by atoms with E-state index in [4.69, 9.17) is 10.8 Å². The van der Waals surface area contributed by atoms with E-state index in [0.717, 1.165) is 18.7 Å². The molecule has 0 radical (unpaired) electrons. The Morgan fingerprint density at radius 3 is 2.13 bits per heavy atom. The Kier molecular flexibility index (Phi) is 4.59. The number of nitrogens with two attached hydrogens (primary N) is 1. The summed E-state index contributed by atoms with van der Waals surface area (Å²) in [5.74, 6) is 0. The van der Waals surface area contributed by atoms with Crippen molar-refractivity contribution in [3.8, 4) is 0 Å². The fourth-order valence-electron chi connectivity index (χ4n) is 1.63. The van der Waals surface area contributed by atoms with Crippen molar-refractivity contribution in [2.45, 2.75) is 19.9 Å². The topological polar surface area (TPSA) is 49.5 Å². The van der Waals surface area contributed by atoms with E-state index in [2.05, 4.69) is 30.9 Å². The number of nitrogens with zero attached hydrogens (tertiary/aromatic N) is 1. The van der Waals surface area contributed by atoms with E-state index >= 15 is 0 Å². The van der Waals surface area contributed by atoms with Crippen molar-refractivity contribution >= 4 is 5.69 Å². The van der Waals surface area contributed by atoms with Gasteiger partial charge in [-0.1, -0.05) is 12.1 Å². The average molecular weight is 208 g/mol. The Balaban J connectivity index is 2.79. The van der Waals surface area contributed by atoms with E-state index in [1.807, 2.05) is 12.1 Å². The first kappa shape index (κ1) is 12.0. The molecule has 0 bridgehead atoms. The number of rotatable bonds is 5. The molecule has 0 unspecified atom stereocenters. The molecular weight excluding hydrogens is 188 g/mol. The number of hydrogen-bond donors (Lipinski definition) is 2. The summed E-state index contributed by atoms with van der Waals surface area (Å²) in [6.45, 7) is 6.27. The minimum atomic E-state index is -0.268. The van der Waals surface area contributed by atoms with Gasteiger partial charge < -0.3 is 15.7 Å². The highest BCUT2D eigenvalue weighted by molar-refractivity contribution is 5.47. The lowest BCUT2D eigenvalue weighted by atomic mass is 10.1. The number of aliphatic hydroxyl groups excluding tert-OH is 1. The van der Waals surface area contributed by atoms with Crippen LogP contribution in [-0.2, 0) is 0 Å². The molecular formula is C12H20N2O. The predicted molar refractivity (Wildman–Crippen MR) is 64.0 cm³/mol. The van der Waals surface area contributed by atoms with E-state index in [9.17, 15) is 0 Å². The van der Waals surface area contributed by atoms with E-state index in [1.54, 1.807) is 0 Å². The Hall–Kier alpha value is -1.06. The number of benzene rings is 1. The molecule has 0 saturated carbocycles. The summed E-state index contributed by atoms with van der Waals surface area (Å²) in [4.78, 5) is 2.27. The predicted octanol–water partition coefficient (Wildman–Crippen LogP) is 1.52. The second-order valence-electron chi connectivity index (χ2n) is 3.55. The summed E-state index contributed by atoms with van der Waals surface area (Å²) >= 11 is 0. The normalized spacial score (nSPS) is 12.5. The molecule has 1 aromatic carbocycles. The monoisotopic (exact) mass is 208 g/mol. The van der Waals surface area contributed by atoms with Gasteiger partial charge in [-0.25, -0.2) is 0 Å². The van der Waals surface area contributed by atoms with Crippen LogP contribution in [0, 0.1) is 0 Å². The zero-order valence-electron chi connectivity index (χ0n) is 9.48. The maximum atomic E-state index is 8.92. The SMILES string of the molecule is CCN(CC)c1ccc([C@@H](N)CO)cc1. The van der Waals surface area contributed by atoms with Crippen LogP contribution >= 0.6 is 0 Å². The first-order valence-corrected chi connectivity index (χ1v) is 5.44. The molecule has 1 aromatic rings. The van der Waals surface area contributed by atoms with Gasteiger partial charge in [0.25, 0.3) is 0 Å². The Morgan fingerprint density at radius 1 is 1.20 bits per heavy atom. The second kappa shape index (κ2) is 5.73. The van der Waals surface area contributed by atoms with E-state index in [0.29, 0.717) is 0 Å². The molecule has 0 aromatic heterocycles. The minimum Gasteiger partial charge on any atom is -0.394 e. The van der Waals surface area contributed by atoms with Gasteiger partial charge in [0.2, 0.25) is 0 Å². The summed E-state index contributed by atoms with van der Waals surface area (Å²) in [6.07, 6.45) is 0. The molecule has 0 spiro atoms. The molecule has 0 aliphatic rings. The molecule has 1 rings (SSSR count).